The van der Waals surface area contributed by atoms with Gasteiger partial charge in [0.2, 0.25) is 0 Å². The van der Waals surface area contributed by atoms with Gasteiger partial charge in [-0.25, -0.2) is 4.39 Å². The Morgan fingerprint density at radius 3 is 2.75 bits per heavy atom. The van der Waals surface area contributed by atoms with Crippen molar-refractivity contribution in [3.63, 3.8) is 0 Å². The SMILES string of the molecule is CSC1(CNCC(O)c2cccc(F)c2)CCCCC1. The number of thioether (sulfide) groups is 1. The predicted octanol–water partition coefficient (Wildman–Crippen LogP) is 3.51. The summed E-state index contributed by atoms with van der Waals surface area (Å²) >= 11 is 1.94. The van der Waals surface area contributed by atoms with Crippen LogP contribution in [0.15, 0.2) is 24.3 Å². The van der Waals surface area contributed by atoms with Gasteiger partial charge in [0.15, 0.2) is 0 Å². The van der Waals surface area contributed by atoms with Crippen LogP contribution in [0, 0.1) is 5.82 Å². The number of aliphatic hydroxyl groups excluding tert-OH is 1. The first-order chi connectivity index (χ1) is 9.65. The van der Waals surface area contributed by atoms with Crippen LogP contribution in [0.2, 0.25) is 0 Å². The highest BCUT2D eigenvalue weighted by Crippen LogP contribution is 2.37. The van der Waals surface area contributed by atoms with Crippen LogP contribution in [0.1, 0.15) is 43.8 Å². The van der Waals surface area contributed by atoms with Gasteiger partial charge in [0.1, 0.15) is 5.82 Å². The third-order valence-electron chi connectivity index (χ3n) is 4.22. The van der Waals surface area contributed by atoms with Crippen LogP contribution in [-0.4, -0.2) is 29.2 Å². The van der Waals surface area contributed by atoms with Crippen molar-refractivity contribution in [2.45, 2.75) is 43.0 Å². The molecule has 1 aromatic carbocycles. The minimum absolute atomic E-state index is 0.297. The number of hydrogen-bond donors (Lipinski definition) is 2. The fourth-order valence-corrected chi connectivity index (χ4v) is 3.86. The molecule has 1 unspecified atom stereocenters. The maximum Gasteiger partial charge on any atom is 0.123 e. The molecule has 1 fully saturated rings. The Kier molecular flexibility index (Phi) is 5.87. The lowest BCUT2D eigenvalue weighted by Crippen LogP contribution is -2.40. The molecular weight excluding hydrogens is 273 g/mol. The Bertz CT molecular complexity index is 421. The summed E-state index contributed by atoms with van der Waals surface area (Å²) in [7, 11) is 0. The second-order valence-electron chi connectivity index (χ2n) is 5.65. The van der Waals surface area contributed by atoms with Gasteiger partial charge in [0.25, 0.3) is 0 Å². The van der Waals surface area contributed by atoms with Crippen molar-refractivity contribution >= 4 is 11.8 Å². The summed E-state index contributed by atoms with van der Waals surface area (Å²) in [6.07, 6.45) is 7.97. The first-order valence-corrected chi connectivity index (χ1v) is 8.57. The zero-order valence-corrected chi connectivity index (χ0v) is 12.9. The molecule has 20 heavy (non-hydrogen) atoms. The zero-order chi connectivity index (χ0) is 14.4. The van der Waals surface area contributed by atoms with Gasteiger partial charge >= 0.3 is 0 Å². The lowest BCUT2D eigenvalue weighted by molar-refractivity contribution is 0.172. The van der Waals surface area contributed by atoms with Crippen molar-refractivity contribution in [2.75, 3.05) is 19.3 Å². The Hall–Kier alpha value is -0.580. The molecule has 0 aliphatic heterocycles. The highest BCUT2D eigenvalue weighted by Gasteiger charge is 2.30. The van der Waals surface area contributed by atoms with Gasteiger partial charge in [-0.15, -0.1) is 0 Å². The van der Waals surface area contributed by atoms with Crippen molar-refractivity contribution in [3.05, 3.63) is 35.6 Å². The smallest absolute Gasteiger partial charge is 0.123 e. The molecule has 0 aromatic heterocycles. The van der Waals surface area contributed by atoms with E-state index in [1.807, 2.05) is 11.8 Å². The van der Waals surface area contributed by atoms with Crippen molar-refractivity contribution < 1.29 is 9.50 Å². The van der Waals surface area contributed by atoms with Crippen LogP contribution in [-0.2, 0) is 0 Å². The third kappa shape index (κ3) is 4.21. The van der Waals surface area contributed by atoms with E-state index in [4.69, 9.17) is 0 Å². The summed E-state index contributed by atoms with van der Waals surface area (Å²) in [5.74, 6) is -0.297. The van der Waals surface area contributed by atoms with Crippen molar-refractivity contribution in [2.24, 2.45) is 0 Å². The van der Waals surface area contributed by atoms with Crippen LogP contribution in [0.4, 0.5) is 4.39 Å². The first-order valence-electron chi connectivity index (χ1n) is 7.35. The van der Waals surface area contributed by atoms with Gasteiger partial charge in [-0.3, -0.25) is 0 Å². The Balaban J connectivity index is 1.82. The molecule has 1 saturated carbocycles. The van der Waals surface area contributed by atoms with Crippen molar-refractivity contribution in [1.82, 2.24) is 5.32 Å². The molecule has 0 heterocycles. The van der Waals surface area contributed by atoms with Crippen LogP contribution >= 0.6 is 11.8 Å². The van der Waals surface area contributed by atoms with E-state index in [-0.39, 0.29) is 5.82 Å². The number of halogens is 1. The number of benzene rings is 1. The molecule has 0 spiro atoms. The van der Waals surface area contributed by atoms with E-state index in [9.17, 15) is 9.50 Å². The molecular formula is C16H24FNOS. The molecule has 0 radical (unpaired) electrons. The number of aliphatic hydroxyl groups is 1. The van der Waals surface area contributed by atoms with E-state index in [0.717, 1.165) is 6.54 Å². The topological polar surface area (TPSA) is 32.3 Å². The molecule has 2 nitrogen and oxygen atoms in total. The number of nitrogens with one attached hydrogen (secondary N) is 1. The summed E-state index contributed by atoms with van der Waals surface area (Å²) in [5.41, 5.74) is 0.638. The normalized spacial score (nSPS) is 19.8. The van der Waals surface area contributed by atoms with Gasteiger partial charge < -0.3 is 10.4 Å². The van der Waals surface area contributed by atoms with E-state index in [0.29, 0.717) is 16.9 Å². The van der Waals surface area contributed by atoms with Crippen LogP contribution < -0.4 is 5.32 Å². The highest BCUT2D eigenvalue weighted by atomic mass is 32.2. The molecule has 1 atom stereocenters. The van der Waals surface area contributed by atoms with Gasteiger partial charge in [0.05, 0.1) is 6.10 Å². The van der Waals surface area contributed by atoms with Crippen LogP contribution in [0.3, 0.4) is 0 Å². The molecule has 0 amide bonds. The Morgan fingerprint density at radius 1 is 1.35 bits per heavy atom. The van der Waals surface area contributed by atoms with Gasteiger partial charge in [-0.1, -0.05) is 31.4 Å². The summed E-state index contributed by atoms with van der Waals surface area (Å²) in [6, 6.07) is 6.20. The summed E-state index contributed by atoms with van der Waals surface area (Å²) in [6.45, 7) is 1.40. The Labute approximate surface area is 125 Å². The summed E-state index contributed by atoms with van der Waals surface area (Å²) in [4.78, 5) is 0. The minimum atomic E-state index is -0.645. The maximum atomic E-state index is 13.1. The van der Waals surface area contributed by atoms with E-state index in [1.54, 1.807) is 12.1 Å². The molecule has 4 heteroatoms. The molecule has 2 N–H and O–H groups in total. The molecule has 112 valence electrons. The highest BCUT2D eigenvalue weighted by molar-refractivity contribution is 8.00. The number of hydrogen-bond acceptors (Lipinski definition) is 3. The fourth-order valence-electron chi connectivity index (χ4n) is 2.92. The van der Waals surface area contributed by atoms with Gasteiger partial charge in [-0.05, 0) is 36.8 Å². The minimum Gasteiger partial charge on any atom is -0.387 e. The van der Waals surface area contributed by atoms with Crippen molar-refractivity contribution in [1.29, 1.82) is 0 Å². The second kappa shape index (κ2) is 7.43. The predicted molar refractivity (Wildman–Crippen MR) is 83.6 cm³/mol. The monoisotopic (exact) mass is 297 g/mol. The Morgan fingerprint density at radius 2 is 2.10 bits per heavy atom. The maximum absolute atomic E-state index is 13.1. The largest absolute Gasteiger partial charge is 0.387 e. The van der Waals surface area contributed by atoms with Crippen molar-refractivity contribution in [3.8, 4) is 0 Å². The average molecular weight is 297 g/mol. The quantitative estimate of drug-likeness (QED) is 0.842. The molecule has 1 aliphatic rings. The van der Waals surface area contributed by atoms with E-state index in [1.165, 1.54) is 44.2 Å². The summed E-state index contributed by atoms with van der Waals surface area (Å²) in [5, 5.41) is 13.5. The fraction of sp³-hybridized carbons (Fsp3) is 0.625. The molecule has 0 bridgehead atoms. The molecule has 1 aliphatic carbocycles. The van der Waals surface area contributed by atoms with E-state index in [2.05, 4.69) is 11.6 Å². The second-order valence-corrected chi connectivity index (χ2v) is 6.92. The standard InChI is InChI=1S/C16H24FNOS/c1-20-16(8-3-2-4-9-16)12-18-11-15(19)13-6-5-7-14(17)10-13/h5-7,10,15,18-19H,2-4,8-9,11-12H2,1H3. The molecule has 2 rings (SSSR count). The summed E-state index contributed by atoms with van der Waals surface area (Å²) < 4.78 is 13.4. The average Bonchev–Trinajstić information content (AvgIpc) is 2.48. The van der Waals surface area contributed by atoms with E-state index >= 15 is 0 Å². The van der Waals surface area contributed by atoms with Crippen LogP contribution in [0.25, 0.3) is 0 Å². The number of rotatable bonds is 6. The third-order valence-corrected chi connectivity index (χ3v) is 5.63. The molecule has 0 saturated heterocycles. The van der Waals surface area contributed by atoms with Crippen LogP contribution in [0.5, 0.6) is 0 Å². The lowest BCUT2D eigenvalue weighted by Gasteiger charge is -2.36. The van der Waals surface area contributed by atoms with E-state index < -0.39 is 6.10 Å². The van der Waals surface area contributed by atoms with Gasteiger partial charge in [-0.2, -0.15) is 11.8 Å². The lowest BCUT2D eigenvalue weighted by atomic mass is 9.88. The van der Waals surface area contributed by atoms with Gasteiger partial charge in [0, 0.05) is 17.8 Å². The molecule has 1 aromatic rings. The first kappa shape index (κ1) is 15.8. The zero-order valence-electron chi connectivity index (χ0n) is 12.1.